The van der Waals surface area contributed by atoms with Gasteiger partial charge in [0.05, 0.1) is 6.61 Å². The second-order valence-corrected chi connectivity index (χ2v) is 4.87. The quantitative estimate of drug-likeness (QED) is 0.740. The molecule has 1 N–H and O–H groups in total. The summed E-state index contributed by atoms with van der Waals surface area (Å²) >= 11 is 0. The zero-order valence-corrected chi connectivity index (χ0v) is 12.6. The lowest BCUT2D eigenvalue weighted by molar-refractivity contribution is 0.0920. The van der Waals surface area contributed by atoms with Gasteiger partial charge in [-0.05, 0) is 44.0 Å². The van der Waals surface area contributed by atoms with Gasteiger partial charge in [0.25, 0.3) is 0 Å². The zero-order chi connectivity index (χ0) is 14.1. The highest BCUT2D eigenvalue weighted by Gasteiger charge is 2.10. The number of hydrogen-bond acceptors (Lipinski definition) is 3. The minimum absolute atomic E-state index is 0.0731. The van der Waals surface area contributed by atoms with Crippen LogP contribution in [0.15, 0.2) is 24.3 Å². The molecular formula is C16H27NO2. The van der Waals surface area contributed by atoms with Crippen LogP contribution in [0, 0.1) is 0 Å². The van der Waals surface area contributed by atoms with Gasteiger partial charge in [-0.25, -0.2) is 0 Å². The number of rotatable bonds is 9. The molecule has 0 aliphatic carbocycles. The SMILES string of the molecule is CCCNC(CC)c1cccc(OC(C)COC)c1. The maximum absolute atomic E-state index is 5.84. The van der Waals surface area contributed by atoms with Gasteiger partial charge in [0.15, 0.2) is 0 Å². The normalized spacial score (nSPS) is 14.1. The van der Waals surface area contributed by atoms with Crippen molar-refractivity contribution in [3.05, 3.63) is 29.8 Å². The standard InChI is InChI=1S/C16H27NO2/c1-5-10-17-16(6-2)14-8-7-9-15(11-14)19-13(3)12-18-4/h7-9,11,13,16-17H,5-6,10,12H2,1-4H3. The summed E-state index contributed by atoms with van der Waals surface area (Å²) in [6.45, 7) is 8.06. The third-order valence-corrected chi connectivity index (χ3v) is 3.05. The highest BCUT2D eigenvalue weighted by Crippen LogP contribution is 2.22. The predicted octanol–water partition coefficient (Wildman–Crippen LogP) is 3.55. The Morgan fingerprint density at radius 3 is 2.68 bits per heavy atom. The predicted molar refractivity (Wildman–Crippen MR) is 79.7 cm³/mol. The van der Waals surface area contributed by atoms with E-state index in [1.807, 2.05) is 13.0 Å². The van der Waals surface area contributed by atoms with E-state index >= 15 is 0 Å². The van der Waals surface area contributed by atoms with Gasteiger partial charge in [0.1, 0.15) is 11.9 Å². The fourth-order valence-corrected chi connectivity index (χ4v) is 2.12. The molecule has 0 saturated carbocycles. The monoisotopic (exact) mass is 265 g/mol. The van der Waals surface area contributed by atoms with E-state index < -0.39 is 0 Å². The van der Waals surface area contributed by atoms with Crippen LogP contribution in [0.5, 0.6) is 5.75 Å². The van der Waals surface area contributed by atoms with Crippen molar-refractivity contribution in [2.24, 2.45) is 0 Å². The van der Waals surface area contributed by atoms with Crippen molar-refractivity contribution in [3.8, 4) is 5.75 Å². The fraction of sp³-hybridized carbons (Fsp3) is 0.625. The molecule has 2 atom stereocenters. The number of ether oxygens (including phenoxy) is 2. The van der Waals surface area contributed by atoms with E-state index in [0.29, 0.717) is 12.6 Å². The Morgan fingerprint density at radius 2 is 2.05 bits per heavy atom. The topological polar surface area (TPSA) is 30.5 Å². The molecule has 19 heavy (non-hydrogen) atoms. The van der Waals surface area contributed by atoms with Crippen molar-refractivity contribution in [2.45, 2.75) is 45.8 Å². The van der Waals surface area contributed by atoms with Crippen LogP contribution in [-0.2, 0) is 4.74 Å². The molecule has 1 aromatic rings. The lowest BCUT2D eigenvalue weighted by Gasteiger charge is -2.19. The minimum atomic E-state index is 0.0731. The first-order valence-corrected chi connectivity index (χ1v) is 7.20. The Balaban J connectivity index is 2.68. The molecule has 0 radical (unpaired) electrons. The second kappa shape index (κ2) is 8.94. The summed E-state index contributed by atoms with van der Waals surface area (Å²) < 4.78 is 10.9. The molecular weight excluding hydrogens is 238 g/mol. The van der Waals surface area contributed by atoms with Crippen molar-refractivity contribution < 1.29 is 9.47 Å². The fourth-order valence-electron chi connectivity index (χ4n) is 2.12. The lowest BCUT2D eigenvalue weighted by Crippen LogP contribution is -2.22. The van der Waals surface area contributed by atoms with E-state index in [0.717, 1.165) is 25.1 Å². The summed E-state index contributed by atoms with van der Waals surface area (Å²) in [6, 6.07) is 8.75. The summed E-state index contributed by atoms with van der Waals surface area (Å²) in [6.07, 6.45) is 2.30. The van der Waals surface area contributed by atoms with Gasteiger partial charge < -0.3 is 14.8 Å². The molecule has 0 aliphatic heterocycles. The first kappa shape index (κ1) is 16.0. The molecule has 0 spiro atoms. The smallest absolute Gasteiger partial charge is 0.120 e. The van der Waals surface area contributed by atoms with E-state index in [1.54, 1.807) is 7.11 Å². The van der Waals surface area contributed by atoms with Crippen LogP contribution in [-0.4, -0.2) is 26.4 Å². The van der Waals surface area contributed by atoms with Crippen molar-refractivity contribution in [3.63, 3.8) is 0 Å². The van der Waals surface area contributed by atoms with Gasteiger partial charge in [-0.2, -0.15) is 0 Å². The van der Waals surface area contributed by atoms with E-state index in [-0.39, 0.29) is 6.10 Å². The van der Waals surface area contributed by atoms with Crippen LogP contribution in [0.4, 0.5) is 0 Å². The molecule has 0 bridgehead atoms. The Labute approximate surface area is 117 Å². The number of nitrogens with one attached hydrogen (secondary N) is 1. The third kappa shape index (κ3) is 5.62. The molecule has 0 amide bonds. The van der Waals surface area contributed by atoms with Crippen LogP contribution >= 0.6 is 0 Å². The summed E-state index contributed by atoms with van der Waals surface area (Å²) in [7, 11) is 1.69. The largest absolute Gasteiger partial charge is 0.488 e. The van der Waals surface area contributed by atoms with Gasteiger partial charge >= 0.3 is 0 Å². The summed E-state index contributed by atoms with van der Waals surface area (Å²) in [5.74, 6) is 0.916. The van der Waals surface area contributed by atoms with E-state index in [2.05, 4.69) is 37.4 Å². The second-order valence-electron chi connectivity index (χ2n) is 4.87. The van der Waals surface area contributed by atoms with E-state index in [9.17, 15) is 0 Å². The molecule has 0 saturated heterocycles. The molecule has 0 aromatic heterocycles. The van der Waals surface area contributed by atoms with Crippen molar-refractivity contribution in [1.82, 2.24) is 5.32 Å². The molecule has 1 rings (SSSR count). The van der Waals surface area contributed by atoms with Crippen LogP contribution in [0.1, 0.15) is 45.2 Å². The maximum atomic E-state index is 5.84. The molecule has 3 heteroatoms. The Hall–Kier alpha value is -1.06. The molecule has 0 fully saturated rings. The average molecular weight is 265 g/mol. The maximum Gasteiger partial charge on any atom is 0.120 e. The van der Waals surface area contributed by atoms with Gasteiger partial charge in [0, 0.05) is 13.2 Å². The number of hydrogen-bond donors (Lipinski definition) is 1. The highest BCUT2D eigenvalue weighted by molar-refractivity contribution is 5.30. The van der Waals surface area contributed by atoms with Gasteiger partial charge in [0.2, 0.25) is 0 Å². The third-order valence-electron chi connectivity index (χ3n) is 3.05. The van der Waals surface area contributed by atoms with Crippen LogP contribution in [0.25, 0.3) is 0 Å². The minimum Gasteiger partial charge on any atom is -0.488 e. The Bertz CT molecular complexity index is 354. The number of benzene rings is 1. The van der Waals surface area contributed by atoms with E-state index in [4.69, 9.17) is 9.47 Å². The van der Waals surface area contributed by atoms with Crippen LogP contribution < -0.4 is 10.1 Å². The molecule has 0 aliphatic rings. The van der Waals surface area contributed by atoms with Gasteiger partial charge in [-0.1, -0.05) is 26.0 Å². The van der Waals surface area contributed by atoms with Gasteiger partial charge in [-0.3, -0.25) is 0 Å². The molecule has 3 nitrogen and oxygen atoms in total. The molecule has 108 valence electrons. The first-order valence-electron chi connectivity index (χ1n) is 7.20. The van der Waals surface area contributed by atoms with Crippen LogP contribution in [0.3, 0.4) is 0 Å². The molecule has 2 unspecified atom stereocenters. The van der Waals surface area contributed by atoms with Crippen molar-refractivity contribution in [2.75, 3.05) is 20.3 Å². The van der Waals surface area contributed by atoms with E-state index in [1.165, 1.54) is 5.56 Å². The zero-order valence-electron chi connectivity index (χ0n) is 12.6. The summed E-state index contributed by atoms with van der Waals surface area (Å²) in [5.41, 5.74) is 1.29. The summed E-state index contributed by atoms with van der Waals surface area (Å²) in [4.78, 5) is 0. The number of methoxy groups -OCH3 is 1. The Kier molecular flexibility index (Phi) is 7.53. The molecule has 1 aromatic carbocycles. The Morgan fingerprint density at radius 1 is 1.26 bits per heavy atom. The lowest BCUT2D eigenvalue weighted by atomic mass is 10.0. The average Bonchev–Trinajstić information content (AvgIpc) is 2.40. The van der Waals surface area contributed by atoms with Crippen molar-refractivity contribution in [1.29, 1.82) is 0 Å². The van der Waals surface area contributed by atoms with Gasteiger partial charge in [-0.15, -0.1) is 0 Å². The first-order chi connectivity index (χ1) is 9.21. The molecule has 0 heterocycles. The summed E-state index contributed by atoms with van der Waals surface area (Å²) in [5, 5.41) is 3.56. The van der Waals surface area contributed by atoms with Crippen LogP contribution in [0.2, 0.25) is 0 Å². The van der Waals surface area contributed by atoms with Crippen molar-refractivity contribution >= 4 is 0 Å². The highest BCUT2D eigenvalue weighted by atomic mass is 16.5.